The third kappa shape index (κ3) is 3.04. The van der Waals surface area contributed by atoms with Crippen LogP contribution < -0.4 is 10.2 Å². The number of aromatic nitrogens is 2. The monoisotopic (exact) mass is 228 g/mol. The lowest BCUT2D eigenvalue weighted by molar-refractivity contribution is 0.350. The van der Waals surface area contributed by atoms with Crippen LogP contribution in [0.4, 0.5) is 5.95 Å². The molecule has 1 aliphatic heterocycles. The summed E-state index contributed by atoms with van der Waals surface area (Å²) < 4.78 is 0. The Kier molecular flexibility index (Phi) is 3.88. The SMILES string of the molecule is CC1(C)CN(c2ncccn2)CCN1.Cl. The first kappa shape index (κ1) is 12.2. The summed E-state index contributed by atoms with van der Waals surface area (Å²) in [6.07, 6.45) is 3.58. The quantitative estimate of drug-likeness (QED) is 0.781. The molecule has 2 heterocycles. The van der Waals surface area contributed by atoms with Crippen molar-refractivity contribution < 1.29 is 0 Å². The van der Waals surface area contributed by atoms with Gasteiger partial charge >= 0.3 is 0 Å². The summed E-state index contributed by atoms with van der Waals surface area (Å²) in [7, 11) is 0. The molecular formula is C10H17ClN4. The van der Waals surface area contributed by atoms with Crippen LogP contribution in [0.2, 0.25) is 0 Å². The molecule has 1 aromatic heterocycles. The maximum atomic E-state index is 4.26. The number of nitrogens with zero attached hydrogens (tertiary/aromatic N) is 3. The number of halogens is 1. The second-order valence-corrected chi connectivity index (χ2v) is 4.28. The van der Waals surface area contributed by atoms with Crippen LogP contribution >= 0.6 is 12.4 Å². The van der Waals surface area contributed by atoms with Gasteiger partial charge in [-0.1, -0.05) is 0 Å². The van der Waals surface area contributed by atoms with Crippen molar-refractivity contribution in [1.82, 2.24) is 15.3 Å². The summed E-state index contributed by atoms with van der Waals surface area (Å²) in [5, 5.41) is 3.46. The fourth-order valence-corrected chi connectivity index (χ4v) is 1.77. The predicted octanol–water partition coefficient (Wildman–Crippen LogP) is 1.09. The summed E-state index contributed by atoms with van der Waals surface area (Å²) >= 11 is 0. The predicted molar refractivity (Wildman–Crippen MR) is 63.6 cm³/mol. The third-order valence-corrected chi connectivity index (χ3v) is 2.41. The van der Waals surface area contributed by atoms with Gasteiger partial charge in [0.05, 0.1) is 0 Å². The van der Waals surface area contributed by atoms with Gasteiger partial charge in [0.2, 0.25) is 5.95 Å². The zero-order valence-corrected chi connectivity index (χ0v) is 9.92. The van der Waals surface area contributed by atoms with Gasteiger partial charge in [-0.05, 0) is 19.9 Å². The van der Waals surface area contributed by atoms with E-state index in [1.807, 2.05) is 6.07 Å². The Morgan fingerprint density at radius 1 is 1.33 bits per heavy atom. The molecule has 0 aromatic carbocycles. The van der Waals surface area contributed by atoms with E-state index in [4.69, 9.17) is 0 Å². The highest BCUT2D eigenvalue weighted by atomic mass is 35.5. The standard InChI is InChI=1S/C10H16N4.ClH/c1-10(2)8-14(7-6-13-10)9-11-4-3-5-12-9;/h3-5,13H,6-8H2,1-2H3;1H. The van der Waals surface area contributed by atoms with Gasteiger partial charge in [-0.25, -0.2) is 9.97 Å². The molecule has 0 radical (unpaired) electrons. The topological polar surface area (TPSA) is 41.1 Å². The van der Waals surface area contributed by atoms with Crippen molar-refractivity contribution in [3.8, 4) is 0 Å². The Morgan fingerprint density at radius 2 is 2.00 bits per heavy atom. The van der Waals surface area contributed by atoms with Gasteiger partial charge in [0.15, 0.2) is 0 Å². The van der Waals surface area contributed by atoms with Gasteiger partial charge in [-0.2, -0.15) is 0 Å². The number of rotatable bonds is 1. The smallest absolute Gasteiger partial charge is 0.225 e. The number of piperazine rings is 1. The molecule has 15 heavy (non-hydrogen) atoms. The molecule has 0 aliphatic carbocycles. The molecule has 4 nitrogen and oxygen atoms in total. The average Bonchev–Trinajstić information content (AvgIpc) is 2.18. The average molecular weight is 229 g/mol. The zero-order chi connectivity index (χ0) is 10.0. The van der Waals surface area contributed by atoms with E-state index in [1.165, 1.54) is 0 Å². The van der Waals surface area contributed by atoms with E-state index >= 15 is 0 Å². The number of hydrogen-bond acceptors (Lipinski definition) is 4. The minimum Gasteiger partial charge on any atom is -0.338 e. The Bertz CT molecular complexity index is 302. The van der Waals surface area contributed by atoms with Crippen LogP contribution in [0.1, 0.15) is 13.8 Å². The van der Waals surface area contributed by atoms with Crippen molar-refractivity contribution in [2.24, 2.45) is 0 Å². The van der Waals surface area contributed by atoms with E-state index in [2.05, 4.69) is 34.0 Å². The van der Waals surface area contributed by atoms with Gasteiger partial charge < -0.3 is 10.2 Å². The lowest BCUT2D eigenvalue weighted by atomic mass is 10.0. The van der Waals surface area contributed by atoms with Gasteiger partial charge in [0.25, 0.3) is 0 Å². The van der Waals surface area contributed by atoms with Crippen molar-refractivity contribution in [2.45, 2.75) is 19.4 Å². The van der Waals surface area contributed by atoms with Crippen molar-refractivity contribution in [3.05, 3.63) is 18.5 Å². The molecule has 0 unspecified atom stereocenters. The largest absolute Gasteiger partial charge is 0.338 e. The maximum Gasteiger partial charge on any atom is 0.225 e. The number of nitrogens with one attached hydrogen (secondary N) is 1. The summed E-state index contributed by atoms with van der Waals surface area (Å²) in [6, 6.07) is 1.84. The van der Waals surface area contributed by atoms with E-state index in [0.717, 1.165) is 25.6 Å². The number of hydrogen-bond donors (Lipinski definition) is 1. The van der Waals surface area contributed by atoms with Crippen LogP contribution in [0.15, 0.2) is 18.5 Å². The minimum atomic E-state index is 0. The second-order valence-electron chi connectivity index (χ2n) is 4.28. The van der Waals surface area contributed by atoms with Crippen LogP contribution in [-0.2, 0) is 0 Å². The third-order valence-electron chi connectivity index (χ3n) is 2.41. The Morgan fingerprint density at radius 3 is 2.60 bits per heavy atom. The first-order valence-corrected chi connectivity index (χ1v) is 4.94. The van der Waals surface area contributed by atoms with Gasteiger partial charge in [0, 0.05) is 37.6 Å². The minimum absolute atomic E-state index is 0. The fourth-order valence-electron chi connectivity index (χ4n) is 1.77. The van der Waals surface area contributed by atoms with Crippen LogP contribution in [0.3, 0.4) is 0 Å². The molecule has 1 N–H and O–H groups in total. The summed E-state index contributed by atoms with van der Waals surface area (Å²) in [6.45, 7) is 7.32. The Hall–Kier alpha value is -0.870. The molecule has 0 bridgehead atoms. The Balaban J connectivity index is 0.00000112. The fraction of sp³-hybridized carbons (Fsp3) is 0.600. The molecule has 84 valence electrons. The number of anilines is 1. The van der Waals surface area contributed by atoms with Crippen molar-refractivity contribution in [1.29, 1.82) is 0 Å². The normalized spacial score (nSPS) is 19.5. The zero-order valence-electron chi connectivity index (χ0n) is 9.10. The highest BCUT2D eigenvalue weighted by Gasteiger charge is 2.26. The summed E-state index contributed by atoms with van der Waals surface area (Å²) in [5.41, 5.74) is 0.150. The van der Waals surface area contributed by atoms with Crippen LogP contribution in [0, 0.1) is 0 Å². The molecule has 1 saturated heterocycles. The molecule has 1 fully saturated rings. The van der Waals surface area contributed by atoms with Crippen LogP contribution in [0.5, 0.6) is 0 Å². The lowest BCUT2D eigenvalue weighted by Gasteiger charge is -2.39. The van der Waals surface area contributed by atoms with Gasteiger partial charge in [-0.3, -0.25) is 0 Å². The first-order chi connectivity index (χ1) is 6.67. The molecule has 1 aliphatic rings. The molecule has 0 spiro atoms. The van der Waals surface area contributed by atoms with Crippen molar-refractivity contribution in [2.75, 3.05) is 24.5 Å². The van der Waals surface area contributed by atoms with E-state index in [9.17, 15) is 0 Å². The van der Waals surface area contributed by atoms with E-state index in [-0.39, 0.29) is 17.9 Å². The molecular weight excluding hydrogens is 212 g/mol. The van der Waals surface area contributed by atoms with E-state index in [0.29, 0.717) is 0 Å². The second kappa shape index (κ2) is 4.77. The highest BCUT2D eigenvalue weighted by molar-refractivity contribution is 5.85. The molecule has 0 saturated carbocycles. The van der Waals surface area contributed by atoms with Crippen LogP contribution in [0.25, 0.3) is 0 Å². The summed E-state index contributed by atoms with van der Waals surface area (Å²) in [5.74, 6) is 0.835. The first-order valence-electron chi connectivity index (χ1n) is 4.94. The van der Waals surface area contributed by atoms with Gasteiger partial charge in [-0.15, -0.1) is 12.4 Å². The lowest BCUT2D eigenvalue weighted by Crippen LogP contribution is -2.57. The maximum absolute atomic E-state index is 4.26. The Labute approximate surface area is 96.5 Å². The molecule has 0 atom stereocenters. The van der Waals surface area contributed by atoms with Gasteiger partial charge in [0.1, 0.15) is 0 Å². The van der Waals surface area contributed by atoms with Crippen LogP contribution in [-0.4, -0.2) is 35.1 Å². The highest BCUT2D eigenvalue weighted by Crippen LogP contribution is 2.14. The van der Waals surface area contributed by atoms with E-state index < -0.39 is 0 Å². The molecule has 5 heteroatoms. The van der Waals surface area contributed by atoms with Crippen molar-refractivity contribution >= 4 is 18.4 Å². The summed E-state index contributed by atoms with van der Waals surface area (Å²) in [4.78, 5) is 10.7. The molecule has 0 amide bonds. The van der Waals surface area contributed by atoms with E-state index in [1.54, 1.807) is 12.4 Å². The molecule has 2 rings (SSSR count). The van der Waals surface area contributed by atoms with Crippen molar-refractivity contribution in [3.63, 3.8) is 0 Å². The molecule has 1 aromatic rings.